The number of primary amides is 1. The average molecular weight is 279 g/mol. The molecule has 1 aromatic rings. The topological polar surface area (TPSA) is 64.3 Å². The summed E-state index contributed by atoms with van der Waals surface area (Å²) in [6.45, 7) is -1.20. The molecular formula is C11H13ClF2N2O2. The van der Waals surface area contributed by atoms with E-state index in [4.69, 9.17) is 17.3 Å². The fraction of sp³-hybridized carbons (Fsp3) is 0.364. The molecule has 1 rings (SSSR count). The van der Waals surface area contributed by atoms with Crippen molar-refractivity contribution in [2.45, 2.75) is 26.1 Å². The van der Waals surface area contributed by atoms with Gasteiger partial charge in [0.15, 0.2) is 0 Å². The van der Waals surface area contributed by atoms with Gasteiger partial charge in [-0.1, -0.05) is 11.6 Å². The number of rotatable bonds is 6. The summed E-state index contributed by atoms with van der Waals surface area (Å²) in [5.41, 5.74) is 5.50. The minimum Gasteiger partial charge on any atom is -0.434 e. The number of benzene rings is 1. The largest absolute Gasteiger partial charge is 0.434 e. The summed E-state index contributed by atoms with van der Waals surface area (Å²) in [7, 11) is 0. The Bertz CT molecular complexity index is 430. The molecule has 0 radical (unpaired) electrons. The molecule has 100 valence electrons. The molecule has 7 heteroatoms. The zero-order valence-electron chi connectivity index (χ0n) is 9.62. The average Bonchev–Trinajstić information content (AvgIpc) is 2.28. The highest BCUT2D eigenvalue weighted by Gasteiger charge is 2.13. The van der Waals surface area contributed by atoms with Gasteiger partial charge in [0.1, 0.15) is 5.75 Å². The van der Waals surface area contributed by atoms with E-state index in [1.165, 1.54) is 18.2 Å². The second-order valence-electron chi connectivity index (χ2n) is 3.64. The molecular weight excluding hydrogens is 266 g/mol. The predicted molar refractivity (Wildman–Crippen MR) is 63.6 cm³/mol. The maximum Gasteiger partial charge on any atom is 0.387 e. The Kier molecular flexibility index (Phi) is 5.30. The first kappa shape index (κ1) is 14.7. The van der Waals surface area contributed by atoms with Crippen LogP contribution in [0.5, 0.6) is 5.75 Å². The summed E-state index contributed by atoms with van der Waals surface area (Å²) in [6.07, 6.45) is 0. The van der Waals surface area contributed by atoms with E-state index in [0.29, 0.717) is 10.6 Å². The minimum atomic E-state index is -2.92. The Balaban J connectivity index is 2.78. The van der Waals surface area contributed by atoms with Gasteiger partial charge in [-0.2, -0.15) is 8.78 Å². The number of carbonyl (C=O) groups excluding carboxylic acids is 1. The van der Waals surface area contributed by atoms with Crippen LogP contribution in [0.2, 0.25) is 5.02 Å². The second kappa shape index (κ2) is 6.51. The van der Waals surface area contributed by atoms with Crippen molar-refractivity contribution in [2.24, 2.45) is 5.73 Å². The van der Waals surface area contributed by atoms with Crippen molar-refractivity contribution in [1.82, 2.24) is 5.32 Å². The van der Waals surface area contributed by atoms with Gasteiger partial charge in [0.05, 0.1) is 6.04 Å². The third kappa shape index (κ3) is 4.46. The fourth-order valence-electron chi connectivity index (χ4n) is 1.26. The molecule has 1 unspecified atom stereocenters. The number of hydrogen-bond donors (Lipinski definition) is 2. The monoisotopic (exact) mass is 278 g/mol. The van der Waals surface area contributed by atoms with Crippen molar-refractivity contribution in [2.75, 3.05) is 0 Å². The smallest absolute Gasteiger partial charge is 0.387 e. The van der Waals surface area contributed by atoms with Crippen molar-refractivity contribution in [3.05, 3.63) is 28.8 Å². The predicted octanol–water partition coefficient (Wildman–Crippen LogP) is 1.90. The number of ether oxygens (including phenoxy) is 1. The van der Waals surface area contributed by atoms with Gasteiger partial charge in [0, 0.05) is 17.1 Å². The summed E-state index contributed by atoms with van der Waals surface area (Å²) in [5, 5.41) is 3.17. The second-order valence-corrected chi connectivity index (χ2v) is 4.07. The molecule has 0 spiro atoms. The number of alkyl halides is 2. The lowest BCUT2D eigenvalue weighted by Gasteiger charge is -2.14. The molecule has 0 bridgehead atoms. The standard InChI is InChI=1S/C11H13ClF2N2O2/c1-6(10(15)17)16-5-7-4-8(12)2-3-9(7)18-11(13)14/h2-4,6,11,16H,5H2,1H3,(H2,15,17). The van der Waals surface area contributed by atoms with E-state index in [0.717, 1.165) is 0 Å². The van der Waals surface area contributed by atoms with Crippen LogP contribution in [0.1, 0.15) is 12.5 Å². The molecule has 0 saturated heterocycles. The van der Waals surface area contributed by atoms with Crippen LogP contribution in [-0.4, -0.2) is 18.6 Å². The number of nitrogens with two attached hydrogens (primary N) is 1. The molecule has 0 aromatic heterocycles. The summed E-state index contributed by atoms with van der Waals surface area (Å²) in [6, 6.07) is 3.70. The number of carbonyl (C=O) groups is 1. The molecule has 0 aliphatic carbocycles. The summed E-state index contributed by atoms with van der Waals surface area (Å²) < 4.78 is 28.7. The van der Waals surface area contributed by atoms with Gasteiger partial charge in [-0.15, -0.1) is 0 Å². The summed E-state index contributed by atoms with van der Waals surface area (Å²) >= 11 is 5.77. The van der Waals surface area contributed by atoms with Crippen LogP contribution in [0.4, 0.5) is 8.78 Å². The third-order valence-electron chi connectivity index (χ3n) is 2.26. The van der Waals surface area contributed by atoms with Crippen molar-refractivity contribution in [3.8, 4) is 5.75 Å². The maximum atomic E-state index is 12.2. The Hall–Kier alpha value is -1.40. The van der Waals surface area contributed by atoms with E-state index < -0.39 is 18.6 Å². The van der Waals surface area contributed by atoms with Gasteiger partial charge < -0.3 is 15.8 Å². The summed E-state index contributed by atoms with van der Waals surface area (Å²) in [5.74, 6) is -0.521. The first-order chi connectivity index (χ1) is 8.40. The molecule has 0 saturated carbocycles. The van der Waals surface area contributed by atoms with Crippen molar-refractivity contribution in [1.29, 1.82) is 0 Å². The van der Waals surface area contributed by atoms with E-state index in [-0.39, 0.29) is 12.3 Å². The zero-order chi connectivity index (χ0) is 13.7. The molecule has 1 aromatic carbocycles. The van der Waals surface area contributed by atoms with E-state index in [2.05, 4.69) is 10.1 Å². The lowest BCUT2D eigenvalue weighted by Crippen LogP contribution is -2.38. The van der Waals surface area contributed by atoms with Crippen molar-refractivity contribution in [3.63, 3.8) is 0 Å². The number of nitrogens with one attached hydrogen (secondary N) is 1. The Labute approximate surface area is 108 Å². The number of hydrogen-bond acceptors (Lipinski definition) is 3. The molecule has 1 amide bonds. The number of amides is 1. The molecule has 3 N–H and O–H groups in total. The SMILES string of the molecule is CC(NCc1cc(Cl)ccc1OC(F)F)C(N)=O. The molecule has 0 fully saturated rings. The van der Waals surface area contributed by atoms with Crippen LogP contribution in [0, 0.1) is 0 Å². The summed E-state index contributed by atoms with van der Waals surface area (Å²) in [4.78, 5) is 10.8. The quantitative estimate of drug-likeness (QED) is 0.835. The van der Waals surface area contributed by atoms with Crippen molar-refractivity contribution < 1.29 is 18.3 Å². The Morgan fingerprint density at radius 2 is 2.22 bits per heavy atom. The Morgan fingerprint density at radius 3 is 2.78 bits per heavy atom. The third-order valence-corrected chi connectivity index (χ3v) is 2.50. The molecule has 0 heterocycles. The molecule has 18 heavy (non-hydrogen) atoms. The van der Waals surface area contributed by atoms with Crippen LogP contribution >= 0.6 is 11.6 Å². The van der Waals surface area contributed by atoms with Gasteiger partial charge in [-0.05, 0) is 25.1 Å². The lowest BCUT2D eigenvalue weighted by atomic mass is 10.2. The van der Waals surface area contributed by atoms with Gasteiger partial charge in [0.25, 0.3) is 0 Å². The highest BCUT2D eigenvalue weighted by molar-refractivity contribution is 6.30. The zero-order valence-corrected chi connectivity index (χ0v) is 10.4. The van der Waals surface area contributed by atoms with E-state index >= 15 is 0 Å². The van der Waals surface area contributed by atoms with E-state index in [1.54, 1.807) is 6.92 Å². The van der Waals surface area contributed by atoms with Gasteiger partial charge in [0.2, 0.25) is 5.91 Å². The van der Waals surface area contributed by atoms with Crippen LogP contribution in [0.25, 0.3) is 0 Å². The van der Waals surface area contributed by atoms with Crippen LogP contribution in [0.15, 0.2) is 18.2 Å². The molecule has 0 aliphatic rings. The Morgan fingerprint density at radius 1 is 1.56 bits per heavy atom. The molecule has 0 aliphatic heterocycles. The minimum absolute atomic E-state index is 0.0126. The number of halogens is 3. The normalized spacial score (nSPS) is 12.5. The van der Waals surface area contributed by atoms with Crippen LogP contribution < -0.4 is 15.8 Å². The van der Waals surface area contributed by atoms with Crippen molar-refractivity contribution >= 4 is 17.5 Å². The molecule has 4 nitrogen and oxygen atoms in total. The maximum absolute atomic E-state index is 12.2. The first-order valence-electron chi connectivity index (χ1n) is 5.16. The van der Waals surface area contributed by atoms with Crippen LogP contribution in [-0.2, 0) is 11.3 Å². The van der Waals surface area contributed by atoms with Crippen LogP contribution in [0.3, 0.4) is 0 Å². The highest BCUT2D eigenvalue weighted by Crippen LogP contribution is 2.24. The molecule has 1 atom stereocenters. The highest BCUT2D eigenvalue weighted by atomic mass is 35.5. The lowest BCUT2D eigenvalue weighted by molar-refractivity contribution is -0.119. The first-order valence-corrected chi connectivity index (χ1v) is 5.54. The van der Waals surface area contributed by atoms with Gasteiger partial charge in [-0.25, -0.2) is 0 Å². The van der Waals surface area contributed by atoms with E-state index in [1.807, 2.05) is 0 Å². The van der Waals surface area contributed by atoms with E-state index in [9.17, 15) is 13.6 Å². The van der Waals surface area contributed by atoms with Gasteiger partial charge >= 0.3 is 6.61 Å². The van der Waals surface area contributed by atoms with Gasteiger partial charge in [-0.3, -0.25) is 4.79 Å². The fourth-order valence-corrected chi connectivity index (χ4v) is 1.46.